The second kappa shape index (κ2) is 6.63. The van der Waals surface area contributed by atoms with Crippen LogP contribution in [0.2, 0.25) is 5.02 Å². The first-order valence-electron chi connectivity index (χ1n) is 6.15. The molecule has 20 heavy (non-hydrogen) atoms. The van der Waals surface area contributed by atoms with E-state index in [1.165, 1.54) is 24.3 Å². The van der Waals surface area contributed by atoms with E-state index in [9.17, 15) is 9.18 Å². The molecular formula is C14H14ClFN2O2. The van der Waals surface area contributed by atoms with E-state index in [0.717, 1.165) is 6.42 Å². The van der Waals surface area contributed by atoms with Crippen molar-refractivity contribution in [3.8, 4) is 11.4 Å². The first-order chi connectivity index (χ1) is 9.60. The Bertz CT molecular complexity index is 658. The molecule has 0 bridgehead atoms. The fraction of sp³-hybridized carbons (Fsp3) is 0.286. The first-order valence-corrected chi connectivity index (χ1v) is 6.52. The van der Waals surface area contributed by atoms with E-state index in [4.69, 9.17) is 16.3 Å². The van der Waals surface area contributed by atoms with Gasteiger partial charge in [0.15, 0.2) is 0 Å². The van der Waals surface area contributed by atoms with Gasteiger partial charge in [-0.15, -0.1) is 0 Å². The maximum absolute atomic E-state index is 13.1. The number of hydrogen-bond donors (Lipinski definition) is 1. The minimum atomic E-state index is -0.506. The van der Waals surface area contributed by atoms with Crippen LogP contribution in [0.5, 0.6) is 0 Å². The van der Waals surface area contributed by atoms with E-state index >= 15 is 0 Å². The lowest BCUT2D eigenvalue weighted by atomic mass is 10.2. The first kappa shape index (κ1) is 14.7. The predicted molar refractivity (Wildman–Crippen MR) is 75.5 cm³/mol. The third kappa shape index (κ3) is 3.65. The Labute approximate surface area is 120 Å². The van der Waals surface area contributed by atoms with E-state index in [1.54, 1.807) is 7.11 Å². The molecule has 0 aliphatic carbocycles. The lowest BCUT2D eigenvalue weighted by molar-refractivity contribution is 0.195. The molecule has 0 unspecified atom stereocenters. The topological polar surface area (TPSA) is 55.0 Å². The largest absolute Gasteiger partial charge is 0.385 e. The molecule has 1 heterocycles. The molecule has 2 aromatic rings. The van der Waals surface area contributed by atoms with Gasteiger partial charge in [0, 0.05) is 31.0 Å². The van der Waals surface area contributed by atoms with Crippen molar-refractivity contribution in [3.63, 3.8) is 0 Å². The lowest BCUT2D eigenvalue weighted by Crippen LogP contribution is -2.11. The summed E-state index contributed by atoms with van der Waals surface area (Å²) in [5, 5.41) is -0.00469. The molecule has 1 N–H and O–H groups in total. The fourth-order valence-corrected chi connectivity index (χ4v) is 1.99. The van der Waals surface area contributed by atoms with Gasteiger partial charge in [-0.3, -0.25) is 4.79 Å². The van der Waals surface area contributed by atoms with Gasteiger partial charge < -0.3 is 9.72 Å². The van der Waals surface area contributed by atoms with Crippen molar-refractivity contribution >= 4 is 11.6 Å². The molecule has 0 saturated carbocycles. The molecule has 0 spiro atoms. The van der Waals surface area contributed by atoms with Crippen LogP contribution in [0, 0.1) is 5.82 Å². The minimum Gasteiger partial charge on any atom is -0.385 e. The number of nitrogens with one attached hydrogen (secondary N) is 1. The third-order valence-electron chi connectivity index (χ3n) is 2.77. The highest BCUT2D eigenvalue weighted by molar-refractivity contribution is 6.31. The number of nitrogens with zero attached hydrogens (tertiary/aromatic N) is 1. The van der Waals surface area contributed by atoms with Gasteiger partial charge in [-0.2, -0.15) is 0 Å². The zero-order chi connectivity index (χ0) is 14.5. The molecule has 4 nitrogen and oxygen atoms in total. The van der Waals surface area contributed by atoms with Crippen LogP contribution >= 0.6 is 11.6 Å². The Kier molecular flexibility index (Phi) is 4.87. The van der Waals surface area contributed by atoms with Gasteiger partial charge in [-0.05, 0) is 31.0 Å². The molecular weight excluding hydrogens is 283 g/mol. The predicted octanol–water partition coefficient (Wildman–Crippen LogP) is 2.81. The van der Waals surface area contributed by atoms with Crippen molar-refractivity contribution in [2.45, 2.75) is 12.8 Å². The summed E-state index contributed by atoms with van der Waals surface area (Å²) in [6.07, 6.45) is 1.41. The zero-order valence-corrected chi connectivity index (χ0v) is 11.7. The van der Waals surface area contributed by atoms with E-state index in [2.05, 4.69) is 9.97 Å². The molecule has 6 heteroatoms. The number of aromatic amines is 1. The molecule has 1 aromatic carbocycles. The molecule has 0 radical (unpaired) electrons. The van der Waals surface area contributed by atoms with Crippen molar-refractivity contribution in [1.82, 2.24) is 9.97 Å². The van der Waals surface area contributed by atoms with E-state index < -0.39 is 5.82 Å². The van der Waals surface area contributed by atoms with Gasteiger partial charge in [0.05, 0.1) is 5.02 Å². The summed E-state index contributed by atoms with van der Waals surface area (Å²) < 4.78 is 18.1. The molecule has 106 valence electrons. The summed E-state index contributed by atoms with van der Waals surface area (Å²) in [5.41, 5.74) is 0.992. The van der Waals surface area contributed by atoms with Crippen LogP contribution in [0.25, 0.3) is 11.4 Å². The van der Waals surface area contributed by atoms with Gasteiger partial charge in [0.2, 0.25) is 0 Å². The van der Waals surface area contributed by atoms with E-state index in [-0.39, 0.29) is 10.6 Å². The van der Waals surface area contributed by atoms with Crippen molar-refractivity contribution in [3.05, 3.63) is 51.2 Å². The van der Waals surface area contributed by atoms with Crippen LogP contribution in [0.3, 0.4) is 0 Å². The third-order valence-corrected chi connectivity index (χ3v) is 3.06. The molecule has 0 aliphatic heterocycles. The lowest BCUT2D eigenvalue weighted by Gasteiger charge is -2.05. The average molecular weight is 297 g/mol. The molecule has 2 rings (SSSR count). The van der Waals surface area contributed by atoms with Crippen LogP contribution in [-0.2, 0) is 11.2 Å². The zero-order valence-electron chi connectivity index (χ0n) is 11.0. The fourth-order valence-electron chi connectivity index (χ4n) is 1.81. The number of aromatic nitrogens is 2. The van der Waals surface area contributed by atoms with Crippen molar-refractivity contribution in [1.29, 1.82) is 0 Å². The van der Waals surface area contributed by atoms with Gasteiger partial charge in [0.25, 0.3) is 5.56 Å². The number of rotatable bonds is 5. The smallest absolute Gasteiger partial charge is 0.251 e. The molecule has 1 aromatic heterocycles. The Balaban J connectivity index is 2.31. The highest BCUT2D eigenvalue weighted by Crippen LogP contribution is 2.21. The number of methoxy groups -OCH3 is 1. The number of halogens is 2. The Morgan fingerprint density at radius 3 is 2.90 bits per heavy atom. The minimum absolute atomic E-state index is 0.00469. The van der Waals surface area contributed by atoms with Crippen molar-refractivity contribution in [2.24, 2.45) is 0 Å². The number of hydrogen-bond acceptors (Lipinski definition) is 3. The Morgan fingerprint density at radius 2 is 2.20 bits per heavy atom. The molecule has 0 fully saturated rings. The van der Waals surface area contributed by atoms with E-state index in [0.29, 0.717) is 30.1 Å². The summed E-state index contributed by atoms with van der Waals surface area (Å²) in [7, 11) is 1.62. The SMILES string of the molecule is COCCCc1cc(=O)[nH]c(-c2ccc(F)c(Cl)c2)n1. The summed E-state index contributed by atoms with van der Waals surface area (Å²) in [4.78, 5) is 18.6. The van der Waals surface area contributed by atoms with Crippen molar-refractivity contribution < 1.29 is 9.13 Å². The van der Waals surface area contributed by atoms with Crippen molar-refractivity contribution in [2.75, 3.05) is 13.7 Å². The molecule has 0 saturated heterocycles. The normalized spacial score (nSPS) is 10.8. The van der Waals surface area contributed by atoms with Crippen LogP contribution in [-0.4, -0.2) is 23.7 Å². The quantitative estimate of drug-likeness (QED) is 0.863. The van der Waals surface area contributed by atoms with Crippen LogP contribution in [0.4, 0.5) is 4.39 Å². The molecule has 0 aliphatic rings. The maximum Gasteiger partial charge on any atom is 0.251 e. The second-order valence-corrected chi connectivity index (χ2v) is 4.72. The summed E-state index contributed by atoms with van der Waals surface area (Å²) in [5.74, 6) is -0.124. The molecule has 0 amide bonds. The van der Waals surface area contributed by atoms with Gasteiger partial charge in [-0.25, -0.2) is 9.37 Å². The number of ether oxygens (including phenoxy) is 1. The molecule has 0 atom stereocenters. The summed E-state index contributed by atoms with van der Waals surface area (Å²) >= 11 is 5.73. The maximum atomic E-state index is 13.1. The summed E-state index contributed by atoms with van der Waals surface area (Å²) in [6, 6.07) is 5.66. The Hall–Kier alpha value is -1.72. The highest BCUT2D eigenvalue weighted by atomic mass is 35.5. The van der Waals surface area contributed by atoms with E-state index in [1.807, 2.05) is 0 Å². The van der Waals surface area contributed by atoms with Gasteiger partial charge in [0.1, 0.15) is 11.6 Å². The van der Waals surface area contributed by atoms with Gasteiger partial charge in [-0.1, -0.05) is 11.6 Å². The monoisotopic (exact) mass is 296 g/mol. The number of benzene rings is 1. The highest BCUT2D eigenvalue weighted by Gasteiger charge is 2.07. The van der Waals surface area contributed by atoms with Crippen LogP contribution < -0.4 is 5.56 Å². The van der Waals surface area contributed by atoms with Crippen LogP contribution in [0.1, 0.15) is 12.1 Å². The number of H-pyrrole nitrogens is 1. The summed E-state index contributed by atoms with van der Waals surface area (Å²) in [6.45, 7) is 0.603. The van der Waals surface area contributed by atoms with Gasteiger partial charge >= 0.3 is 0 Å². The van der Waals surface area contributed by atoms with Crippen LogP contribution in [0.15, 0.2) is 29.1 Å². The second-order valence-electron chi connectivity index (χ2n) is 4.31. The standard InChI is InChI=1S/C14H14ClFN2O2/c1-20-6-2-3-10-8-13(19)18-14(17-10)9-4-5-12(16)11(15)7-9/h4-5,7-8H,2-3,6H2,1H3,(H,17,18,19). The number of aryl methyl sites for hydroxylation is 1. The average Bonchev–Trinajstić information content (AvgIpc) is 2.41. The Morgan fingerprint density at radius 1 is 1.40 bits per heavy atom.